The van der Waals surface area contributed by atoms with E-state index in [0.717, 1.165) is 55.7 Å². The molecule has 6 nitrogen and oxygen atoms in total. The number of H-pyrrole nitrogens is 1. The number of aromatic nitrogens is 3. The Morgan fingerprint density at radius 3 is 2.70 bits per heavy atom. The first kappa shape index (κ1) is 16.6. The molecule has 1 saturated heterocycles. The molecule has 27 heavy (non-hydrogen) atoms. The average molecular weight is 382 g/mol. The highest BCUT2D eigenvalue weighted by atomic mass is 35.5. The Kier molecular flexibility index (Phi) is 3.82. The van der Waals surface area contributed by atoms with Crippen molar-refractivity contribution in [2.75, 3.05) is 24.5 Å². The minimum atomic E-state index is -0.0964. The third-order valence-electron chi connectivity index (χ3n) is 5.66. The minimum absolute atomic E-state index is 0.0964. The molecule has 1 N–H and O–H groups in total. The van der Waals surface area contributed by atoms with Crippen LogP contribution in [0, 0.1) is 0 Å². The summed E-state index contributed by atoms with van der Waals surface area (Å²) in [4.78, 5) is 29.6. The number of carbonyl (C=O) groups excluding carboxylic acids is 1. The van der Waals surface area contributed by atoms with Crippen LogP contribution in [0.1, 0.15) is 29.6 Å². The molecule has 0 unspecified atom stereocenters. The maximum absolute atomic E-state index is 13.2. The molecule has 2 fully saturated rings. The van der Waals surface area contributed by atoms with E-state index in [0.29, 0.717) is 10.6 Å². The van der Waals surface area contributed by atoms with E-state index in [1.165, 1.54) is 0 Å². The van der Waals surface area contributed by atoms with Gasteiger partial charge in [0.05, 0.1) is 10.9 Å². The van der Waals surface area contributed by atoms with E-state index >= 15 is 0 Å². The topological polar surface area (TPSA) is 65.1 Å². The van der Waals surface area contributed by atoms with Gasteiger partial charge in [-0.15, -0.1) is 0 Å². The van der Waals surface area contributed by atoms with E-state index in [4.69, 9.17) is 11.6 Å². The predicted octanol–water partition coefficient (Wildman–Crippen LogP) is 3.50. The molecule has 2 aromatic heterocycles. The van der Waals surface area contributed by atoms with Crippen LogP contribution in [0.4, 0.5) is 5.82 Å². The number of amides is 1. The van der Waals surface area contributed by atoms with E-state index in [1.807, 2.05) is 24.4 Å². The van der Waals surface area contributed by atoms with Crippen molar-refractivity contribution in [3.05, 3.63) is 53.4 Å². The van der Waals surface area contributed by atoms with Gasteiger partial charge in [-0.1, -0.05) is 11.6 Å². The van der Waals surface area contributed by atoms with E-state index < -0.39 is 0 Å². The third-order valence-corrected chi connectivity index (χ3v) is 5.92. The third kappa shape index (κ3) is 2.84. The molecule has 1 amide bonds. The molecule has 1 aliphatic heterocycles. The van der Waals surface area contributed by atoms with Gasteiger partial charge in [0.2, 0.25) is 0 Å². The standard InChI is InChI=1S/C20H20ClN5O/c21-15-4-2-14(3-5-15)19(27)26-11-1-10-25(12-20(26)7-8-20)18-16-6-9-22-17(16)23-13-24-18/h2-6,9,13H,1,7-8,10-12H2,(H,22,23,24). The lowest BCUT2D eigenvalue weighted by atomic mass is 10.1. The highest BCUT2D eigenvalue weighted by Gasteiger charge is 2.52. The fraction of sp³-hybridized carbons (Fsp3) is 0.350. The molecule has 0 bridgehead atoms. The van der Waals surface area contributed by atoms with E-state index in [9.17, 15) is 4.79 Å². The summed E-state index contributed by atoms with van der Waals surface area (Å²) in [5.74, 6) is 1.05. The zero-order valence-electron chi connectivity index (χ0n) is 14.9. The summed E-state index contributed by atoms with van der Waals surface area (Å²) in [5, 5.41) is 1.68. The van der Waals surface area contributed by atoms with Crippen LogP contribution < -0.4 is 4.90 Å². The van der Waals surface area contributed by atoms with Crippen molar-refractivity contribution in [1.82, 2.24) is 19.9 Å². The van der Waals surface area contributed by atoms with Gasteiger partial charge in [0, 0.05) is 36.4 Å². The average Bonchev–Trinajstić information content (AvgIpc) is 3.34. The number of hydrogen-bond acceptors (Lipinski definition) is 4. The molecule has 1 saturated carbocycles. The maximum Gasteiger partial charge on any atom is 0.254 e. The number of halogens is 1. The largest absolute Gasteiger partial charge is 0.354 e. The maximum atomic E-state index is 13.2. The van der Waals surface area contributed by atoms with Crippen LogP contribution in [0.25, 0.3) is 11.0 Å². The number of hydrogen-bond donors (Lipinski definition) is 1. The molecule has 7 heteroatoms. The number of aromatic amines is 1. The van der Waals surface area contributed by atoms with Crippen LogP contribution in [-0.2, 0) is 0 Å². The van der Waals surface area contributed by atoms with Crippen molar-refractivity contribution in [2.24, 2.45) is 0 Å². The van der Waals surface area contributed by atoms with Crippen molar-refractivity contribution in [3.8, 4) is 0 Å². The van der Waals surface area contributed by atoms with Gasteiger partial charge in [-0.05, 0) is 49.6 Å². The van der Waals surface area contributed by atoms with Gasteiger partial charge in [0.1, 0.15) is 17.8 Å². The summed E-state index contributed by atoms with van der Waals surface area (Å²) in [5.41, 5.74) is 1.46. The normalized spacial score (nSPS) is 18.7. The molecule has 3 aromatic rings. The Hall–Kier alpha value is -2.60. The molecule has 1 aromatic carbocycles. The number of nitrogens with zero attached hydrogens (tertiary/aromatic N) is 4. The van der Waals surface area contributed by atoms with Crippen LogP contribution in [0.2, 0.25) is 5.02 Å². The van der Waals surface area contributed by atoms with Crippen molar-refractivity contribution in [2.45, 2.75) is 24.8 Å². The van der Waals surface area contributed by atoms with Gasteiger partial charge in [-0.25, -0.2) is 9.97 Å². The Morgan fingerprint density at radius 2 is 1.93 bits per heavy atom. The first-order valence-electron chi connectivity index (χ1n) is 9.27. The Morgan fingerprint density at radius 1 is 1.11 bits per heavy atom. The smallest absolute Gasteiger partial charge is 0.254 e. The second kappa shape index (κ2) is 6.23. The van der Waals surface area contributed by atoms with E-state index in [1.54, 1.807) is 18.5 Å². The molecule has 1 aliphatic carbocycles. The summed E-state index contributed by atoms with van der Waals surface area (Å²) in [7, 11) is 0. The van der Waals surface area contributed by atoms with Crippen LogP contribution in [0.15, 0.2) is 42.9 Å². The fourth-order valence-electron chi connectivity index (χ4n) is 4.11. The molecule has 3 heterocycles. The number of nitrogens with one attached hydrogen (secondary N) is 1. The summed E-state index contributed by atoms with van der Waals surface area (Å²) >= 11 is 5.98. The lowest BCUT2D eigenvalue weighted by molar-refractivity contribution is 0.0669. The molecule has 2 aliphatic rings. The molecular formula is C20H20ClN5O. The van der Waals surface area contributed by atoms with Crippen LogP contribution >= 0.6 is 11.6 Å². The van der Waals surface area contributed by atoms with Gasteiger partial charge < -0.3 is 14.8 Å². The number of carbonyl (C=O) groups is 1. The molecule has 5 rings (SSSR count). The van der Waals surface area contributed by atoms with Crippen molar-refractivity contribution < 1.29 is 4.79 Å². The lowest BCUT2D eigenvalue weighted by Gasteiger charge is -2.32. The van der Waals surface area contributed by atoms with Crippen LogP contribution in [0.5, 0.6) is 0 Å². The quantitative estimate of drug-likeness (QED) is 0.737. The number of anilines is 1. The minimum Gasteiger partial charge on any atom is -0.354 e. The SMILES string of the molecule is O=C(c1ccc(Cl)cc1)N1CCCN(c2ncnc3[nH]ccc23)CC12CC2. The number of benzene rings is 1. The predicted molar refractivity (Wildman–Crippen MR) is 105 cm³/mol. The second-order valence-corrected chi connectivity index (χ2v) is 7.84. The van der Waals surface area contributed by atoms with Crippen molar-refractivity contribution in [3.63, 3.8) is 0 Å². The lowest BCUT2D eigenvalue weighted by Crippen LogP contribution is -2.46. The number of fused-ring (bicyclic) bond motifs is 1. The van der Waals surface area contributed by atoms with Crippen molar-refractivity contribution >= 4 is 34.4 Å². The van der Waals surface area contributed by atoms with Gasteiger partial charge in [0.15, 0.2) is 0 Å². The summed E-state index contributed by atoms with van der Waals surface area (Å²) in [6.07, 6.45) is 6.48. The summed E-state index contributed by atoms with van der Waals surface area (Å²) in [6.45, 7) is 2.45. The summed E-state index contributed by atoms with van der Waals surface area (Å²) in [6, 6.07) is 9.21. The first-order chi connectivity index (χ1) is 13.2. The van der Waals surface area contributed by atoms with E-state index in [-0.39, 0.29) is 11.4 Å². The summed E-state index contributed by atoms with van der Waals surface area (Å²) < 4.78 is 0. The van der Waals surface area contributed by atoms with Crippen LogP contribution in [-0.4, -0.2) is 50.9 Å². The fourth-order valence-corrected chi connectivity index (χ4v) is 4.23. The highest BCUT2D eigenvalue weighted by molar-refractivity contribution is 6.30. The zero-order valence-corrected chi connectivity index (χ0v) is 15.6. The molecule has 1 spiro atoms. The van der Waals surface area contributed by atoms with E-state index in [2.05, 4.69) is 24.8 Å². The second-order valence-electron chi connectivity index (χ2n) is 7.40. The Bertz CT molecular complexity index is 995. The monoisotopic (exact) mass is 381 g/mol. The highest BCUT2D eigenvalue weighted by Crippen LogP contribution is 2.45. The van der Waals surface area contributed by atoms with Gasteiger partial charge in [-0.3, -0.25) is 4.79 Å². The zero-order chi connectivity index (χ0) is 18.4. The van der Waals surface area contributed by atoms with Gasteiger partial charge in [-0.2, -0.15) is 0 Å². The Labute approximate surface area is 162 Å². The van der Waals surface area contributed by atoms with Crippen LogP contribution in [0.3, 0.4) is 0 Å². The van der Waals surface area contributed by atoms with Crippen molar-refractivity contribution in [1.29, 1.82) is 0 Å². The molecule has 0 atom stereocenters. The van der Waals surface area contributed by atoms with Gasteiger partial charge in [0.25, 0.3) is 5.91 Å². The molecular weight excluding hydrogens is 362 g/mol. The Balaban J connectivity index is 1.45. The number of rotatable bonds is 2. The molecule has 138 valence electrons. The first-order valence-corrected chi connectivity index (χ1v) is 9.65. The van der Waals surface area contributed by atoms with Gasteiger partial charge >= 0.3 is 0 Å². The molecule has 0 radical (unpaired) electrons.